The highest BCUT2D eigenvalue weighted by Gasteiger charge is 2.17. The Kier molecular flexibility index (Phi) is 9.47. The first-order chi connectivity index (χ1) is 12.2. The first-order valence-electron chi connectivity index (χ1n) is 9.44. The number of rotatable bonds is 12. The Hall–Kier alpha value is -0.950. The van der Waals surface area contributed by atoms with Gasteiger partial charge in [0, 0.05) is 12.8 Å². The van der Waals surface area contributed by atoms with Crippen LogP contribution in [0.5, 0.6) is 0 Å². The van der Waals surface area contributed by atoms with Gasteiger partial charge in [0.05, 0.1) is 6.61 Å². The van der Waals surface area contributed by atoms with Crippen LogP contribution in [0.2, 0.25) is 0 Å². The summed E-state index contributed by atoms with van der Waals surface area (Å²) in [6.45, 7) is 3.91. The summed E-state index contributed by atoms with van der Waals surface area (Å²) in [4.78, 5) is 0. The minimum Gasteiger partial charge on any atom is -0.381 e. The predicted molar refractivity (Wildman–Crippen MR) is 115 cm³/mol. The largest absolute Gasteiger partial charge is 0.381 e. The second-order valence-electron chi connectivity index (χ2n) is 6.67. The van der Waals surface area contributed by atoms with Gasteiger partial charge in [-0.1, -0.05) is 85.8 Å². The molecule has 0 unspecified atom stereocenters. The van der Waals surface area contributed by atoms with Crippen LogP contribution in [0.1, 0.15) is 30.9 Å². The van der Waals surface area contributed by atoms with E-state index in [0.717, 1.165) is 51.0 Å². The fourth-order valence-corrected chi connectivity index (χ4v) is 6.11. The van der Waals surface area contributed by atoms with Crippen molar-refractivity contribution in [2.24, 2.45) is 0 Å². The molecule has 0 radical (unpaired) electrons. The Bertz CT molecular complexity index is 579. The SMILES string of the molecule is CCCCOCCP(=S)(CCc1ccccc1)CCc1ccccc1. The van der Waals surface area contributed by atoms with Gasteiger partial charge in [0.1, 0.15) is 0 Å². The van der Waals surface area contributed by atoms with Crippen LogP contribution in [0.3, 0.4) is 0 Å². The van der Waals surface area contributed by atoms with Crippen molar-refractivity contribution in [1.29, 1.82) is 0 Å². The molecule has 0 atom stereocenters. The topological polar surface area (TPSA) is 9.23 Å². The summed E-state index contributed by atoms with van der Waals surface area (Å²) < 4.78 is 5.83. The number of benzene rings is 2. The Morgan fingerprint density at radius 3 is 1.76 bits per heavy atom. The number of unbranched alkanes of at least 4 members (excludes halogenated alkanes) is 1. The molecular formula is C22H31OPS. The van der Waals surface area contributed by atoms with E-state index in [1.807, 2.05) is 0 Å². The zero-order valence-electron chi connectivity index (χ0n) is 15.4. The highest BCUT2D eigenvalue weighted by atomic mass is 32.4. The van der Waals surface area contributed by atoms with E-state index >= 15 is 0 Å². The van der Waals surface area contributed by atoms with Gasteiger partial charge in [-0.05, 0) is 48.8 Å². The van der Waals surface area contributed by atoms with Crippen molar-refractivity contribution in [2.45, 2.75) is 32.6 Å². The molecule has 0 amide bonds. The molecule has 1 nitrogen and oxygen atoms in total. The molecule has 0 aliphatic carbocycles. The standard InChI is InChI=1S/C22H31OPS/c1-2-3-16-23-17-20-24(25,18-14-21-10-6-4-7-11-21)19-15-22-12-8-5-9-13-22/h4-13H,2-3,14-20H2,1H3. The summed E-state index contributed by atoms with van der Waals surface area (Å²) in [5.41, 5.74) is 2.81. The third-order valence-electron chi connectivity index (χ3n) is 4.59. The van der Waals surface area contributed by atoms with Crippen LogP contribution >= 0.6 is 6.04 Å². The molecule has 3 heteroatoms. The molecule has 25 heavy (non-hydrogen) atoms. The minimum atomic E-state index is -1.39. The summed E-state index contributed by atoms with van der Waals surface area (Å²) in [5, 5.41) is 0. The maximum Gasteiger partial charge on any atom is 0.0512 e. The van der Waals surface area contributed by atoms with Gasteiger partial charge in [0.15, 0.2) is 0 Å². The average Bonchev–Trinajstić information content (AvgIpc) is 2.67. The molecule has 0 aliphatic rings. The third kappa shape index (κ3) is 8.31. The Morgan fingerprint density at radius 2 is 1.28 bits per heavy atom. The van der Waals surface area contributed by atoms with Gasteiger partial charge in [-0.25, -0.2) is 0 Å². The molecule has 0 saturated carbocycles. The van der Waals surface area contributed by atoms with Crippen LogP contribution in [0.4, 0.5) is 0 Å². The van der Waals surface area contributed by atoms with Crippen LogP contribution in [-0.4, -0.2) is 31.7 Å². The first-order valence-corrected chi connectivity index (χ1v) is 12.8. The van der Waals surface area contributed by atoms with Gasteiger partial charge in [-0.3, -0.25) is 0 Å². The van der Waals surface area contributed by atoms with E-state index in [1.54, 1.807) is 0 Å². The normalized spacial score (nSPS) is 11.6. The fourth-order valence-electron chi connectivity index (χ4n) is 2.87. The summed E-state index contributed by atoms with van der Waals surface area (Å²) in [7, 11) is 0. The molecule has 0 bridgehead atoms. The highest BCUT2D eigenvalue weighted by molar-refractivity contribution is 8.14. The van der Waals surface area contributed by atoms with Gasteiger partial charge in [-0.2, -0.15) is 0 Å². The van der Waals surface area contributed by atoms with Crippen molar-refractivity contribution in [3.05, 3.63) is 71.8 Å². The number of aryl methyl sites for hydroxylation is 2. The Balaban J connectivity index is 1.90. The lowest BCUT2D eigenvalue weighted by atomic mass is 10.2. The van der Waals surface area contributed by atoms with Crippen molar-refractivity contribution >= 4 is 17.8 Å². The molecule has 0 aliphatic heterocycles. The second kappa shape index (κ2) is 11.6. The first kappa shape index (κ1) is 20.4. The highest BCUT2D eigenvalue weighted by Crippen LogP contribution is 2.46. The predicted octanol–water partition coefficient (Wildman–Crippen LogP) is 5.77. The lowest BCUT2D eigenvalue weighted by molar-refractivity contribution is 0.146. The zero-order valence-corrected chi connectivity index (χ0v) is 17.1. The molecular weight excluding hydrogens is 343 g/mol. The van der Waals surface area contributed by atoms with Crippen molar-refractivity contribution in [2.75, 3.05) is 31.7 Å². The molecule has 2 aromatic rings. The second-order valence-corrected chi connectivity index (χ2v) is 12.4. The summed E-state index contributed by atoms with van der Waals surface area (Å²) >= 11 is 6.21. The fraction of sp³-hybridized carbons (Fsp3) is 0.455. The lowest BCUT2D eigenvalue weighted by Gasteiger charge is -2.22. The van der Waals surface area contributed by atoms with Crippen LogP contribution in [0.25, 0.3) is 0 Å². The van der Waals surface area contributed by atoms with Crippen LogP contribution in [-0.2, 0) is 29.4 Å². The van der Waals surface area contributed by atoms with E-state index in [4.69, 9.17) is 16.5 Å². The van der Waals surface area contributed by atoms with Crippen molar-refractivity contribution in [3.8, 4) is 0 Å². The molecule has 2 aromatic carbocycles. The smallest absolute Gasteiger partial charge is 0.0512 e. The molecule has 136 valence electrons. The maximum absolute atomic E-state index is 6.21. The third-order valence-corrected chi connectivity index (χ3v) is 9.31. The molecule has 0 N–H and O–H groups in total. The van der Waals surface area contributed by atoms with Crippen molar-refractivity contribution in [3.63, 3.8) is 0 Å². The molecule has 0 spiro atoms. The average molecular weight is 375 g/mol. The van der Waals surface area contributed by atoms with E-state index in [2.05, 4.69) is 67.6 Å². The minimum absolute atomic E-state index is 0.834. The van der Waals surface area contributed by atoms with E-state index in [0.29, 0.717) is 0 Å². The van der Waals surface area contributed by atoms with E-state index in [9.17, 15) is 0 Å². The number of hydrogen-bond acceptors (Lipinski definition) is 2. The summed E-state index contributed by atoms with van der Waals surface area (Å²) in [6, 6.07) is 20.1. The van der Waals surface area contributed by atoms with E-state index in [-0.39, 0.29) is 0 Å². The zero-order chi connectivity index (χ0) is 17.8. The molecule has 0 fully saturated rings. The molecule has 2 rings (SSSR count). The quantitative estimate of drug-likeness (QED) is 0.345. The van der Waals surface area contributed by atoms with Gasteiger partial charge in [0.25, 0.3) is 0 Å². The number of hydrogen-bond donors (Lipinski definition) is 0. The summed E-state index contributed by atoms with van der Waals surface area (Å²) in [6.07, 6.45) is 7.91. The monoisotopic (exact) mass is 374 g/mol. The molecule has 0 heterocycles. The van der Waals surface area contributed by atoms with Crippen molar-refractivity contribution in [1.82, 2.24) is 0 Å². The Labute approximate surface area is 158 Å². The van der Waals surface area contributed by atoms with Crippen LogP contribution in [0.15, 0.2) is 60.7 Å². The van der Waals surface area contributed by atoms with Gasteiger partial charge < -0.3 is 4.74 Å². The molecule has 0 saturated heterocycles. The van der Waals surface area contributed by atoms with E-state index in [1.165, 1.54) is 17.5 Å². The summed E-state index contributed by atoms with van der Waals surface area (Å²) in [5.74, 6) is 0. The van der Waals surface area contributed by atoms with Gasteiger partial charge >= 0.3 is 0 Å². The van der Waals surface area contributed by atoms with Gasteiger partial charge in [-0.15, -0.1) is 0 Å². The van der Waals surface area contributed by atoms with Crippen molar-refractivity contribution < 1.29 is 4.74 Å². The molecule has 0 aromatic heterocycles. The van der Waals surface area contributed by atoms with Crippen LogP contribution in [0, 0.1) is 0 Å². The maximum atomic E-state index is 6.21. The Morgan fingerprint density at radius 1 is 0.760 bits per heavy atom. The lowest BCUT2D eigenvalue weighted by Crippen LogP contribution is -2.10. The van der Waals surface area contributed by atoms with Crippen LogP contribution < -0.4 is 0 Å². The van der Waals surface area contributed by atoms with Gasteiger partial charge in [0.2, 0.25) is 0 Å². The van der Waals surface area contributed by atoms with E-state index < -0.39 is 6.04 Å². The number of ether oxygens (including phenoxy) is 1.